The molecule has 1 aromatic heterocycles. The lowest BCUT2D eigenvalue weighted by atomic mass is 10.1. The van der Waals surface area contributed by atoms with Crippen LogP contribution in [0.15, 0.2) is 59.8 Å². The van der Waals surface area contributed by atoms with Crippen molar-refractivity contribution in [2.75, 3.05) is 6.54 Å². The molecule has 0 spiro atoms. The Bertz CT molecular complexity index is 634. The summed E-state index contributed by atoms with van der Waals surface area (Å²) in [5.41, 5.74) is 4.97. The van der Waals surface area contributed by atoms with Crippen LogP contribution in [0.5, 0.6) is 0 Å². The van der Waals surface area contributed by atoms with Crippen LogP contribution in [0.3, 0.4) is 0 Å². The fraction of sp³-hybridized carbons (Fsp3) is 0.278. The van der Waals surface area contributed by atoms with Crippen LogP contribution >= 0.6 is 23.8 Å². The molecule has 2 aromatic rings. The van der Waals surface area contributed by atoms with Gasteiger partial charge in [-0.2, -0.15) is 5.10 Å². The Morgan fingerprint density at radius 3 is 2.75 bits per heavy atom. The zero-order valence-electron chi connectivity index (χ0n) is 13.4. The number of nitrogens with zero attached hydrogens (tertiary/aromatic N) is 2. The van der Waals surface area contributed by atoms with Crippen LogP contribution in [-0.4, -0.2) is 22.9 Å². The number of hydrazone groups is 1. The van der Waals surface area contributed by atoms with Gasteiger partial charge in [0, 0.05) is 31.1 Å². The third kappa shape index (κ3) is 7.06. The Balaban J connectivity index is 1.57. The molecule has 1 unspecified atom stereocenters. The highest BCUT2D eigenvalue weighted by molar-refractivity contribution is 7.80. The number of alkyl halides is 1. The zero-order chi connectivity index (χ0) is 17.0. The number of rotatable bonds is 8. The molecule has 0 aliphatic heterocycles. The number of benzene rings is 1. The molecule has 1 atom stereocenters. The summed E-state index contributed by atoms with van der Waals surface area (Å²) in [4.78, 5) is 4.26. The van der Waals surface area contributed by atoms with E-state index in [1.807, 2.05) is 48.5 Å². The average molecular weight is 361 g/mol. The SMILES string of the molecule is S=C(NCCc1ccccn1)NN=CCCC(Cl)c1ccccc1. The molecule has 0 saturated carbocycles. The summed E-state index contributed by atoms with van der Waals surface area (Å²) in [6.07, 6.45) is 6.02. The summed E-state index contributed by atoms with van der Waals surface area (Å²) in [6.45, 7) is 0.718. The number of hydrogen-bond donors (Lipinski definition) is 2. The molecule has 24 heavy (non-hydrogen) atoms. The fourth-order valence-electron chi connectivity index (χ4n) is 2.11. The highest BCUT2D eigenvalue weighted by Crippen LogP contribution is 2.24. The van der Waals surface area contributed by atoms with Gasteiger partial charge in [0.1, 0.15) is 0 Å². The summed E-state index contributed by atoms with van der Waals surface area (Å²) in [5, 5.41) is 7.71. The van der Waals surface area contributed by atoms with E-state index in [0.29, 0.717) is 5.11 Å². The fourth-order valence-corrected chi connectivity index (χ4v) is 2.53. The number of aromatic nitrogens is 1. The lowest BCUT2D eigenvalue weighted by Gasteiger charge is -2.08. The van der Waals surface area contributed by atoms with E-state index in [9.17, 15) is 0 Å². The Morgan fingerprint density at radius 2 is 2.00 bits per heavy atom. The first-order valence-corrected chi connectivity index (χ1v) is 8.74. The van der Waals surface area contributed by atoms with Gasteiger partial charge in [-0.3, -0.25) is 10.4 Å². The number of pyridine rings is 1. The Labute approximate surface area is 153 Å². The minimum Gasteiger partial charge on any atom is -0.361 e. The molecule has 2 rings (SSSR count). The van der Waals surface area contributed by atoms with Crippen molar-refractivity contribution in [1.82, 2.24) is 15.7 Å². The normalized spacial score (nSPS) is 12.0. The first-order valence-electron chi connectivity index (χ1n) is 7.90. The second-order valence-electron chi connectivity index (χ2n) is 5.21. The van der Waals surface area contributed by atoms with Gasteiger partial charge >= 0.3 is 0 Å². The Kier molecular flexibility index (Phi) is 8.21. The molecule has 0 bridgehead atoms. The zero-order valence-corrected chi connectivity index (χ0v) is 14.9. The number of halogens is 1. The molecular weight excluding hydrogens is 340 g/mol. The predicted octanol–water partition coefficient (Wildman–Crippen LogP) is 3.83. The second kappa shape index (κ2) is 10.7. The van der Waals surface area contributed by atoms with E-state index in [1.165, 1.54) is 0 Å². The van der Waals surface area contributed by atoms with Crippen molar-refractivity contribution in [2.24, 2.45) is 5.10 Å². The molecule has 4 nitrogen and oxygen atoms in total. The maximum absolute atomic E-state index is 6.35. The van der Waals surface area contributed by atoms with Gasteiger partial charge < -0.3 is 5.32 Å². The molecule has 0 amide bonds. The summed E-state index contributed by atoms with van der Waals surface area (Å²) < 4.78 is 0. The van der Waals surface area contributed by atoms with Crippen molar-refractivity contribution in [2.45, 2.75) is 24.6 Å². The standard InChI is InChI=1S/C18H21ClN4S/c19-17(15-7-2-1-3-8-15)10-6-13-22-23-18(24)21-14-11-16-9-4-5-12-20-16/h1-5,7-9,12-13,17H,6,10-11,14H2,(H2,21,23,24). The van der Waals surface area contributed by atoms with Crippen molar-refractivity contribution >= 4 is 35.1 Å². The highest BCUT2D eigenvalue weighted by atomic mass is 35.5. The van der Waals surface area contributed by atoms with Gasteiger partial charge in [-0.1, -0.05) is 36.4 Å². The van der Waals surface area contributed by atoms with Gasteiger partial charge in [0.15, 0.2) is 5.11 Å². The molecule has 2 N–H and O–H groups in total. The molecule has 1 heterocycles. The summed E-state index contributed by atoms with van der Waals surface area (Å²) in [6, 6.07) is 15.9. The molecular formula is C18H21ClN4S. The van der Waals surface area contributed by atoms with E-state index in [-0.39, 0.29) is 5.38 Å². The molecule has 126 valence electrons. The molecule has 1 aromatic carbocycles. The van der Waals surface area contributed by atoms with Crippen LogP contribution in [0, 0.1) is 0 Å². The van der Waals surface area contributed by atoms with Crippen LogP contribution in [0.25, 0.3) is 0 Å². The van der Waals surface area contributed by atoms with Crippen molar-refractivity contribution < 1.29 is 0 Å². The third-order valence-corrected chi connectivity index (χ3v) is 4.07. The topological polar surface area (TPSA) is 49.3 Å². The number of nitrogens with one attached hydrogen (secondary N) is 2. The minimum atomic E-state index is 0.00102. The van der Waals surface area contributed by atoms with Crippen molar-refractivity contribution in [3.63, 3.8) is 0 Å². The first-order chi connectivity index (χ1) is 11.8. The lowest BCUT2D eigenvalue weighted by molar-refractivity contribution is 0.812. The summed E-state index contributed by atoms with van der Waals surface area (Å²) in [5.74, 6) is 0. The predicted molar refractivity (Wildman–Crippen MR) is 104 cm³/mol. The quantitative estimate of drug-likeness (QED) is 0.325. The van der Waals surface area contributed by atoms with Crippen molar-refractivity contribution in [1.29, 1.82) is 0 Å². The van der Waals surface area contributed by atoms with Gasteiger partial charge in [0.05, 0.1) is 5.38 Å². The van der Waals surface area contributed by atoms with Crippen molar-refractivity contribution in [3.05, 3.63) is 66.0 Å². The van der Waals surface area contributed by atoms with Crippen LogP contribution in [0.2, 0.25) is 0 Å². The highest BCUT2D eigenvalue weighted by Gasteiger charge is 2.05. The van der Waals surface area contributed by atoms with Gasteiger partial charge in [0.2, 0.25) is 0 Å². The lowest BCUT2D eigenvalue weighted by Crippen LogP contribution is -2.33. The summed E-state index contributed by atoms with van der Waals surface area (Å²) >= 11 is 11.5. The molecule has 0 aliphatic carbocycles. The largest absolute Gasteiger partial charge is 0.361 e. The monoisotopic (exact) mass is 360 g/mol. The minimum absolute atomic E-state index is 0.00102. The van der Waals surface area contributed by atoms with Gasteiger partial charge in [-0.25, -0.2) is 0 Å². The van der Waals surface area contributed by atoms with Crippen LogP contribution < -0.4 is 10.7 Å². The molecule has 0 aliphatic rings. The maximum atomic E-state index is 6.35. The van der Waals surface area contributed by atoms with E-state index in [1.54, 1.807) is 12.4 Å². The van der Waals surface area contributed by atoms with E-state index in [0.717, 1.165) is 37.1 Å². The molecule has 0 saturated heterocycles. The third-order valence-electron chi connectivity index (χ3n) is 3.36. The number of hydrogen-bond acceptors (Lipinski definition) is 3. The maximum Gasteiger partial charge on any atom is 0.186 e. The van der Waals surface area contributed by atoms with Gasteiger partial charge in [-0.05, 0) is 42.8 Å². The molecule has 0 radical (unpaired) electrons. The Hall–Kier alpha value is -1.98. The smallest absolute Gasteiger partial charge is 0.186 e. The Morgan fingerprint density at radius 1 is 1.21 bits per heavy atom. The van der Waals surface area contributed by atoms with E-state index in [2.05, 4.69) is 20.8 Å². The van der Waals surface area contributed by atoms with Crippen LogP contribution in [0.1, 0.15) is 29.5 Å². The van der Waals surface area contributed by atoms with Crippen molar-refractivity contribution in [3.8, 4) is 0 Å². The van der Waals surface area contributed by atoms with E-state index >= 15 is 0 Å². The summed E-state index contributed by atoms with van der Waals surface area (Å²) in [7, 11) is 0. The number of thiocarbonyl (C=S) groups is 1. The van der Waals surface area contributed by atoms with Crippen LogP contribution in [0.4, 0.5) is 0 Å². The molecule has 6 heteroatoms. The first kappa shape index (κ1) is 18.4. The van der Waals surface area contributed by atoms with Gasteiger partial charge in [-0.15, -0.1) is 11.6 Å². The average Bonchev–Trinajstić information content (AvgIpc) is 2.63. The van der Waals surface area contributed by atoms with Crippen LogP contribution in [-0.2, 0) is 6.42 Å². The van der Waals surface area contributed by atoms with Gasteiger partial charge in [0.25, 0.3) is 0 Å². The van der Waals surface area contributed by atoms with E-state index in [4.69, 9.17) is 23.8 Å². The molecule has 0 fully saturated rings. The van der Waals surface area contributed by atoms with E-state index < -0.39 is 0 Å². The second-order valence-corrected chi connectivity index (χ2v) is 6.14.